The van der Waals surface area contributed by atoms with E-state index in [0.29, 0.717) is 16.5 Å². The normalized spacial score (nSPS) is 10.1. The lowest BCUT2D eigenvalue weighted by molar-refractivity contribution is 0.415. The van der Waals surface area contributed by atoms with Crippen molar-refractivity contribution in [3.63, 3.8) is 0 Å². The second-order valence-corrected chi connectivity index (χ2v) is 3.75. The van der Waals surface area contributed by atoms with E-state index in [-0.39, 0.29) is 0 Å². The Kier molecular flexibility index (Phi) is 3.44. The molecular weight excluding hydrogens is 243 g/mol. The third-order valence-corrected chi connectivity index (χ3v) is 2.48. The van der Waals surface area contributed by atoms with Crippen LogP contribution >= 0.6 is 11.6 Å². The molecule has 0 saturated carbocycles. The maximum Gasteiger partial charge on any atom is 0.214 e. The molecule has 0 fully saturated rings. The first-order valence-corrected chi connectivity index (χ1v) is 5.29. The first kappa shape index (κ1) is 11.7. The Balaban J connectivity index is 2.24. The van der Waals surface area contributed by atoms with E-state index in [1.807, 2.05) is 0 Å². The number of pyridine rings is 1. The molecule has 0 saturated heterocycles. The van der Waals surface area contributed by atoms with Crippen molar-refractivity contribution in [2.45, 2.75) is 0 Å². The Morgan fingerprint density at radius 3 is 2.71 bits per heavy atom. The van der Waals surface area contributed by atoms with E-state index >= 15 is 0 Å². The molecule has 17 heavy (non-hydrogen) atoms. The molecule has 0 atom stereocenters. The summed E-state index contributed by atoms with van der Waals surface area (Å²) in [6.07, 6.45) is 1.39. The summed E-state index contributed by atoms with van der Waals surface area (Å²) in [5.41, 5.74) is 1.37. The molecule has 0 bridgehead atoms. The van der Waals surface area contributed by atoms with Crippen molar-refractivity contribution in [1.29, 1.82) is 0 Å². The van der Waals surface area contributed by atoms with Gasteiger partial charge in [-0.3, -0.25) is 0 Å². The predicted octanol–water partition coefficient (Wildman–Crippen LogP) is 3.63. The van der Waals surface area contributed by atoms with Crippen LogP contribution in [0, 0.1) is 5.95 Å². The van der Waals surface area contributed by atoms with Gasteiger partial charge in [0, 0.05) is 29.7 Å². The smallest absolute Gasteiger partial charge is 0.214 e. The highest BCUT2D eigenvalue weighted by atomic mass is 35.5. The van der Waals surface area contributed by atoms with Crippen molar-refractivity contribution < 1.29 is 9.13 Å². The number of halogens is 2. The van der Waals surface area contributed by atoms with Crippen LogP contribution in [-0.2, 0) is 0 Å². The fourth-order valence-corrected chi connectivity index (χ4v) is 1.58. The maximum atomic E-state index is 12.9. The summed E-state index contributed by atoms with van der Waals surface area (Å²) in [6.45, 7) is 0. The molecule has 1 aromatic heterocycles. The summed E-state index contributed by atoms with van der Waals surface area (Å²) in [6, 6.07) is 8.20. The fraction of sp³-hybridized carbons (Fsp3) is 0.0833. The lowest BCUT2D eigenvalue weighted by Crippen LogP contribution is -1.93. The van der Waals surface area contributed by atoms with E-state index in [4.69, 9.17) is 16.3 Å². The fourth-order valence-electron chi connectivity index (χ4n) is 1.38. The highest BCUT2D eigenvalue weighted by Crippen LogP contribution is 2.28. The third-order valence-electron chi connectivity index (χ3n) is 2.17. The molecule has 2 aromatic rings. The molecule has 2 rings (SSSR count). The monoisotopic (exact) mass is 252 g/mol. The number of hydrogen-bond donors (Lipinski definition) is 1. The second kappa shape index (κ2) is 5.01. The molecule has 0 radical (unpaired) electrons. The van der Waals surface area contributed by atoms with Gasteiger partial charge in [-0.05, 0) is 18.2 Å². The SMILES string of the molecule is COc1cc(Nc2ccnc(F)c2)ccc1Cl. The molecule has 0 spiro atoms. The number of nitrogens with one attached hydrogen (secondary N) is 1. The first-order valence-electron chi connectivity index (χ1n) is 4.91. The van der Waals surface area contributed by atoms with Crippen molar-refractivity contribution in [3.05, 3.63) is 47.5 Å². The molecule has 0 aliphatic rings. The topological polar surface area (TPSA) is 34.1 Å². The molecule has 0 aliphatic carbocycles. The minimum absolute atomic E-state index is 0.527. The van der Waals surface area contributed by atoms with Crippen molar-refractivity contribution >= 4 is 23.0 Å². The summed E-state index contributed by atoms with van der Waals surface area (Å²) in [5.74, 6) is 0.0297. The summed E-state index contributed by atoms with van der Waals surface area (Å²) in [7, 11) is 1.54. The van der Waals surface area contributed by atoms with Crippen LogP contribution in [0.1, 0.15) is 0 Å². The van der Waals surface area contributed by atoms with E-state index in [1.165, 1.54) is 19.4 Å². The number of aromatic nitrogens is 1. The number of rotatable bonds is 3. The number of methoxy groups -OCH3 is 1. The maximum absolute atomic E-state index is 12.9. The first-order chi connectivity index (χ1) is 8.19. The van der Waals surface area contributed by atoms with Gasteiger partial charge in [0.1, 0.15) is 5.75 Å². The zero-order chi connectivity index (χ0) is 12.3. The van der Waals surface area contributed by atoms with Gasteiger partial charge in [0.25, 0.3) is 0 Å². The van der Waals surface area contributed by atoms with Gasteiger partial charge in [-0.1, -0.05) is 11.6 Å². The molecule has 88 valence electrons. The van der Waals surface area contributed by atoms with Crippen molar-refractivity contribution in [2.24, 2.45) is 0 Å². The average molecular weight is 253 g/mol. The lowest BCUT2D eigenvalue weighted by Gasteiger charge is -2.09. The van der Waals surface area contributed by atoms with Crippen LogP contribution in [0.2, 0.25) is 5.02 Å². The summed E-state index contributed by atoms with van der Waals surface area (Å²) in [4.78, 5) is 3.48. The number of anilines is 2. The van der Waals surface area contributed by atoms with Crippen molar-refractivity contribution in [3.8, 4) is 5.75 Å². The standard InChI is InChI=1S/C12H10ClFN2O/c1-17-11-6-8(2-3-10(11)13)16-9-4-5-15-12(14)7-9/h2-7H,1H3,(H,15,16). The van der Waals surface area contributed by atoms with Gasteiger partial charge < -0.3 is 10.1 Å². The van der Waals surface area contributed by atoms with E-state index in [1.54, 1.807) is 24.3 Å². The summed E-state index contributed by atoms with van der Waals surface area (Å²) < 4.78 is 18.0. The van der Waals surface area contributed by atoms with Crippen LogP contribution in [0.3, 0.4) is 0 Å². The van der Waals surface area contributed by atoms with Crippen LogP contribution in [-0.4, -0.2) is 12.1 Å². The summed E-state index contributed by atoms with van der Waals surface area (Å²) in [5, 5.41) is 3.55. The van der Waals surface area contributed by atoms with Crippen molar-refractivity contribution in [2.75, 3.05) is 12.4 Å². The second-order valence-electron chi connectivity index (χ2n) is 3.34. The van der Waals surface area contributed by atoms with E-state index in [9.17, 15) is 4.39 Å². The Bertz CT molecular complexity index is 534. The minimum Gasteiger partial charge on any atom is -0.495 e. The van der Waals surface area contributed by atoms with Gasteiger partial charge in [-0.15, -0.1) is 0 Å². The van der Waals surface area contributed by atoms with E-state index < -0.39 is 5.95 Å². The highest BCUT2D eigenvalue weighted by Gasteiger charge is 2.02. The Morgan fingerprint density at radius 1 is 1.24 bits per heavy atom. The van der Waals surface area contributed by atoms with Gasteiger partial charge in [-0.25, -0.2) is 4.98 Å². The molecular formula is C12H10ClFN2O. The van der Waals surface area contributed by atoms with Crippen LogP contribution < -0.4 is 10.1 Å². The van der Waals surface area contributed by atoms with E-state index in [0.717, 1.165) is 5.69 Å². The third kappa shape index (κ3) is 2.85. The van der Waals surface area contributed by atoms with Gasteiger partial charge in [0.05, 0.1) is 12.1 Å². The number of nitrogens with zero attached hydrogens (tertiary/aromatic N) is 1. The Labute approximate surface area is 103 Å². The molecule has 0 unspecified atom stereocenters. The van der Waals surface area contributed by atoms with Crippen molar-refractivity contribution in [1.82, 2.24) is 4.98 Å². The summed E-state index contributed by atoms with van der Waals surface area (Å²) >= 11 is 5.90. The molecule has 1 aromatic carbocycles. The molecule has 3 nitrogen and oxygen atoms in total. The Morgan fingerprint density at radius 2 is 2.00 bits per heavy atom. The number of benzene rings is 1. The zero-order valence-electron chi connectivity index (χ0n) is 9.08. The number of hydrogen-bond acceptors (Lipinski definition) is 3. The van der Waals surface area contributed by atoms with Crippen LogP contribution in [0.5, 0.6) is 5.75 Å². The van der Waals surface area contributed by atoms with Crippen LogP contribution in [0.15, 0.2) is 36.5 Å². The zero-order valence-corrected chi connectivity index (χ0v) is 9.83. The van der Waals surface area contributed by atoms with Gasteiger partial charge in [-0.2, -0.15) is 4.39 Å². The molecule has 0 aliphatic heterocycles. The molecule has 5 heteroatoms. The largest absolute Gasteiger partial charge is 0.495 e. The van der Waals surface area contributed by atoms with Crippen LogP contribution in [0.4, 0.5) is 15.8 Å². The molecule has 1 N–H and O–H groups in total. The van der Waals surface area contributed by atoms with Gasteiger partial charge in [0.2, 0.25) is 5.95 Å². The molecule has 1 heterocycles. The van der Waals surface area contributed by atoms with Gasteiger partial charge >= 0.3 is 0 Å². The quantitative estimate of drug-likeness (QED) is 0.847. The Hall–Kier alpha value is -1.81. The van der Waals surface area contributed by atoms with Crippen LogP contribution in [0.25, 0.3) is 0 Å². The lowest BCUT2D eigenvalue weighted by atomic mass is 10.3. The van der Waals surface area contributed by atoms with E-state index in [2.05, 4.69) is 10.3 Å². The minimum atomic E-state index is -0.532. The molecule has 0 amide bonds. The average Bonchev–Trinajstić information content (AvgIpc) is 2.32. The van der Waals surface area contributed by atoms with Gasteiger partial charge in [0.15, 0.2) is 0 Å². The highest BCUT2D eigenvalue weighted by molar-refractivity contribution is 6.32. The predicted molar refractivity (Wildman–Crippen MR) is 65.5 cm³/mol. The number of ether oxygens (including phenoxy) is 1.